The summed E-state index contributed by atoms with van der Waals surface area (Å²) in [5, 5.41) is 8.72. The van der Waals surface area contributed by atoms with Crippen LogP contribution in [-0.2, 0) is 6.42 Å². The molecular formula is C15H21N3. The maximum atomic E-state index is 8.72. The van der Waals surface area contributed by atoms with E-state index in [9.17, 15) is 0 Å². The highest BCUT2D eigenvalue weighted by Crippen LogP contribution is 2.26. The van der Waals surface area contributed by atoms with Crippen LogP contribution in [0.15, 0.2) is 18.2 Å². The minimum atomic E-state index is 0.558. The predicted molar refractivity (Wildman–Crippen MR) is 74.8 cm³/mol. The van der Waals surface area contributed by atoms with Gasteiger partial charge in [0.25, 0.3) is 0 Å². The molecule has 0 atom stereocenters. The van der Waals surface area contributed by atoms with Gasteiger partial charge in [0.1, 0.15) is 0 Å². The van der Waals surface area contributed by atoms with Gasteiger partial charge in [-0.15, -0.1) is 0 Å². The van der Waals surface area contributed by atoms with Gasteiger partial charge in [-0.25, -0.2) is 0 Å². The first kappa shape index (κ1) is 12.9. The van der Waals surface area contributed by atoms with Crippen molar-refractivity contribution >= 4 is 5.69 Å². The van der Waals surface area contributed by atoms with Gasteiger partial charge in [-0.2, -0.15) is 5.26 Å². The van der Waals surface area contributed by atoms with Crippen LogP contribution in [0, 0.1) is 18.3 Å². The molecule has 0 aliphatic carbocycles. The number of piperazine rings is 1. The molecule has 1 saturated heterocycles. The van der Waals surface area contributed by atoms with Crippen molar-refractivity contribution in [1.29, 1.82) is 5.26 Å². The van der Waals surface area contributed by atoms with E-state index >= 15 is 0 Å². The smallest absolute Gasteiger partial charge is 0.0867 e. The van der Waals surface area contributed by atoms with Gasteiger partial charge in [-0.1, -0.05) is 25.1 Å². The van der Waals surface area contributed by atoms with Crippen LogP contribution in [0.25, 0.3) is 0 Å². The summed E-state index contributed by atoms with van der Waals surface area (Å²) in [6.07, 6.45) is 1.08. The van der Waals surface area contributed by atoms with Gasteiger partial charge in [-0.3, -0.25) is 4.90 Å². The lowest BCUT2D eigenvalue weighted by Crippen LogP contribution is -2.46. The second-order valence-electron chi connectivity index (χ2n) is 4.86. The van der Waals surface area contributed by atoms with Gasteiger partial charge in [-0.05, 0) is 24.5 Å². The fourth-order valence-electron chi connectivity index (χ4n) is 2.69. The molecule has 0 saturated carbocycles. The average Bonchev–Trinajstić information content (AvgIpc) is 2.40. The maximum Gasteiger partial charge on any atom is 0.0867 e. The molecule has 0 radical (unpaired) electrons. The number of anilines is 1. The van der Waals surface area contributed by atoms with Crippen LogP contribution in [-0.4, -0.2) is 37.6 Å². The Labute approximate surface area is 110 Å². The van der Waals surface area contributed by atoms with E-state index in [0.29, 0.717) is 6.54 Å². The maximum absolute atomic E-state index is 8.72. The average molecular weight is 243 g/mol. The third-order valence-corrected chi connectivity index (χ3v) is 3.69. The normalized spacial score (nSPS) is 16.6. The Morgan fingerprint density at radius 1 is 1.22 bits per heavy atom. The number of nitrogens with zero attached hydrogens (tertiary/aromatic N) is 3. The van der Waals surface area contributed by atoms with E-state index in [1.54, 1.807) is 0 Å². The van der Waals surface area contributed by atoms with E-state index in [1.165, 1.54) is 16.8 Å². The zero-order chi connectivity index (χ0) is 13.0. The molecule has 1 fully saturated rings. The molecular weight excluding hydrogens is 222 g/mol. The highest BCUT2D eigenvalue weighted by atomic mass is 15.3. The molecule has 18 heavy (non-hydrogen) atoms. The number of rotatable bonds is 3. The van der Waals surface area contributed by atoms with Crippen LogP contribution in [0.3, 0.4) is 0 Å². The summed E-state index contributed by atoms with van der Waals surface area (Å²) in [7, 11) is 0. The number of nitriles is 1. The molecule has 1 aromatic carbocycles. The van der Waals surface area contributed by atoms with Crippen molar-refractivity contribution < 1.29 is 0 Å². The molecule has 0 N–H and O–H groups in total. The van der Waals surface area contributed by atoms with Crippen molar-refractivity contribution in [3.05, 3.63) is 29.3 Å². The van der Waals surface area contributed by atoms with Gasteiger partial charge >= 0.3 is 0 Å². The Hall–Kier alpha value is -1.53. The molecule has 0 unspecified atom stereocenters. The first-order chi connectivity index (χ1) is 8.76. The zero-order valence-electron chi connectivity index (χ0n) is 11.3. The number of hydrogen-bond acceptors (Lipinski definition) is 3. The van der Waals surface area contributed by atoms with Crippen molar-refractivity contribution in [2.45, 2.75) is 20.3 Å². The third-order valence-electron chi connectivity index (χ3n) is 3.69. The minimum absolute atomic E-state index is 0.558. The predicted octanol–water partition coefficient (Wildman–Crippen LogP) is 2.20. The molecule has 2 rings (SSSR count). The van der Waals surface area contributed by atoms with Gasteiger partial charge < -0.3 is 4.90 Å². The molecule has 96 valence electrons. The second-order valence-corrected chi connectivity index (χ2v) is 4.86. The third kappa shape index (κ3) is 2.65. The van der Waals surface area contributed by atoms with E-state index in [0.717, 1.165) is 32.6 Å². The summed E-state index contributed by atoms with van der Waals surface area (Å²) >= 11 is 0. The van der Waals surface area contributed by atoms with Gasteiger partial charge in [0.05, 0.1) is 12.6 Å². The summed E-state index contributed by atoms with van der Waals surface area (Å²) in [6.45, 7) is 9.00. The Balaban J connectivity index is 2.12. The molecule has 1 aliphatic rings. The summed E-state index contributed by atoms with van der Waals surface area (Å²) in [5.41, 5.74) is 4.21. The Bertz CT molecular complexity index is 440. The SMILES string of the molecule is CCc1cccc(C)c1N1CCN(CC#N)CC1. The number of hydrogen-bond donors (Lipinski definition) is 0. The number of aryl methyl sites for hydroxylation is 2. The van der Waals surface area contributed by atoms with E-state index in [4.69, 9.17) is 5.26 Å². The minimum Gasteiger partial charge on any atom is -0.369 e. The van der Waals surface area contributed by atoms with Crippen LogP contribution in [0.4, 0.5) is 5.69 Å². The van der Waals surface area contributed by atoms with Crippen LogP contribution in [0.2, 0.25) is 0 Å². The Kier molecular flexibility index (Phi) is 4.22. The Morgan fingerprint density at radius 3 is 2.56 bits per heavy atom. The van der Waals surface area contributed by atoms with Crippen LogP contribution >= 0.6 is 0 Å². The summed E-state index contributed by atoms with van der Waals surface area (Å²) in [6, 6.07) is 8.79. The molecule has 1 heterocycles. The molecule has 3 heteroatoms. The van der Waals surface area contributed by atoms with Crippen molar-refractivity contribution in [1.82, 2.24) is 4.90 Å². The standard InChI is InChI=1S/C15H21N3/c1-3-14-6-4-5-13(2)15(14)18-11-9-17(8-7-16)10-12-18/h4-6H,3,8-12H2,1-2H3. The highest BCUT2D eigenvalue weighted by Gasteiger charge is 2.19. The summed E-state index contributed by atoms with van der Waals surface area (Å²) in [4.78, 5) is 4.70. The van der Waals surface area contributed by atoms with Gasteiger partial charge in [0.2, 0.25) is 0 Å². The zero-order valence-corrected chi connectivity index (χ0v) is 11.3. The van der Waals surface area contributed by atoms with Crippen molar-refractivity contribution in [2.24, 2.45) is 0 Å². The molecule has 0 bridgehead atoms. The van der Waals surface area contributed by atoms with Crippen molar-refractivity contribution in [3.63, 3.8) is 0 Å². The first-order valence-electron chi connectivity index (χ1n) is 6.69. The number of benzene rings is 1. The van der Waals surface area contributed by atoms with Crippen LogP contribution in [0.5, 0.6) is 0 Å². The van der Waals surface area contributed by atoms with E-state index < -0.39 is 0 Å². The van der Waals surface area contributed by atoms with E-state index in [-0.39, 0.29) is 0 Å². The van der Waals surface area contributed by atoms with Gasteiger partial charge in [0.15, 0.2) is 0 Å². The molecule has 0 spiro atoms. The summed E-state index contributed by atoms with van der Waals surface area (Å²) in [5.74, 6) is 0. The fourth-order valence-corrected chi connectivity index (χ4v) is 2.69. The molecule has 1 aromatic rings. The van der Waals surface area contributed by atoms with Crippen molar-refractivity contribution in [3.8, 4) is 6.07 Å². The lowest BCUT2D eigenvalue weighted by molar-refractivity contribution is 0.287. The van der Waals surface area contributed by atoms with Crippen LogP contribution in [0.1, 0.15) is 18.1 Å². The lowest BCUT2D eigenvalue weighted by atomic mass is 10.0. The Morgan fingerprint density at radius 2 is 1.94 bits per heavy atom. The van der Waals surface area contributed by atoms with E-state index in [2.05, 4.69) is 47.9 Å². The van der Waals surface area contributed by atoms with Gasteiger partial charge in [0, 0.05) is 31.9 Å². The molecule has 0 aromatic heterocycles. The highest BCUT2D eigenvalue weighted by molar-refractivity contribution is 5.59. The molecule has 1 aliphatic heterocycles. The lowest BCUT2D eigenvalue weighted by Gasteiger charge is -2.36. The largest absolute Gasteiger partial charge is 0.369 e. The first-order valence-corrected chi connectivity index (χ1v) is 6.69. The van der Waals surface area contributed by atoms with Crippen LogP contribution < -0.4 is 4.90 Å². The monoisotopic (exact) mass is 243 g/mol. The summed E-state index contributed by atoms with van der Waals surface area (Å²) < 4.78 is 0. The quantitative estimate of drug-likeness (QED) is 0.762. The fraction of sp³-hybridized carbons (Fsp3) is 0.533. The van der Waals surface area contributed by atoms with Crippen molar-refractivity contribution in [2.75, 3.05) is 37.6 Å². The second kappa shape index (κ2) is 5.88. The number of para-hydroxylation sites is 1. The molecule has 0 amide bonds. The molecule has 3 nitrogen and oxygen atoms in total. The van der Waals surface area contributed by atoms with E-state index in [1.807, 2.05) is 0 Å². The topological polar surface area (TPSA) is 30.3 Å².